The van der Waals surface area contributed by atoms with Gasteiger partial charge in [0.25, 0.3) is 0 Å². The van der Waals surface area contributed by atoms with Crippen molar-refractivity contribution in [3.8, 4) is 5.88 Å². The van der Waals surface area contributed by atoms with Crippen molar-refractivity contribution in [2.45, 2.75) is 18.9 Å². The Bertz CT molecular complexity index is 907. The molecule has 1 N–H and O–H groups in total. The van der Waals surface area contributed by atoms with E-state index in [1.165, 1.54) is 0 Å². The van der Waals surface area contributed by atoms with Crippen LogP contribution in [-0.2, 0) is 11.3 Å². The van der Waals surface area contributed by atoms with E-state index in [4.69, 9.17) is 4.74 Å². The zero-order chi connectivity index (χ0) is 17.2. The molecule has 0 aromatic carbocycles. The second kappa shape index (κ2) is 6.35. The molecule has 0 spiro atoms. The van der Waals surface area contributed by atoms with E-state index in [1.807, 2.05) is 30.5 Å². The fourth-order valence-electron chi connectivity index (χ4n) is 3.10. The van der Waals surface area contributed by atoms with Crippen LogP contribution in [0.4, 0.5) is 5.82 Å². The molecule has 1 amide bonds. The van der Waals surface area contributed by atoms with Gasteiger partial charge in [0.15, 0.2) is 0 Å². The lowest BCUT2D eigenvalue weighted by atomic mass is 9.88. The van der Waals surface area contributed by atoms with E-state index in [9.17, 15) is 4.79 Å². The van der Waals surface area contributed by atoms with Crippen LogP contribution in [0.1, 0.15) is 29.0 Å². The summed E-state index contributed by atoms with van der Waals surface area (Å²) in [6, 6.07) is 7.65. The highest BCUT2D eigenvalue weighted by Crippen LogP contribution is 2.37. The molecule has 4 rings (SSSR count). The Balaban J connectivity index is 1.71. The van der Waals surface area contributed by atoms with Gasteiger partial charge in [-0.3, -0.25) is 9.78 Å². The maximum absolute atomic E-state index is 12.3. The zero-order valence-corrected chi connectivity index (χ0v) is 13.7. The van der Waals surface area contributed by atoms with Gasteiger partial charge in [0.2, 0.25) is 11.8 Å². The predicted octanol–water partition coefficient (Wildman–Crippen LogP) is 2.20. The predicted molar refractivity (Wildman–Crippen MR) is 91.4 cm³/mol. The van der Waals surface area contributed by atoms with E-state index in [1.54, 1.807) is 30.4 Å². The van der Waals surface area contributed by atoms with Crippen molar-refractivity contribution in [2.24, 2.45) is 0 Å². The van der Waals surface area contributed by atoms with E-state index in [0.717, 1.165) is 22.5 Å². The van der Waals surface area contributed by atoms with Gasteiger partial charge in [0.1, 0.15) is 5.82 Å². The number of rotatable bonds is 4. The lowest BCUT2D eigenvalue weighted by Gasteiger charge is -2.24. The van der Waals surface area contributed by atoms with E-state index in [-0.39, 0.29) is 11.8 Å². The highest BCUT2D eigenvalue weighted by Gasteiger charge is 2.30. The number of hydrogen-bond donors (Lipinski definition) is 1. The number of aromatic nitrogens is 4. The van der Waals surface area contributed by atoms with E-state index in [0.29, 0.717) is 18.8 Å². The number of ether oxygens (including phenoxy) is 1. The second-order valence-electron chi connectivity index (χ2n) is 5.90. The molecule has 4 heterocycles. The van der Waals surface area contributed by atoms with Crippen molar-refractivity contribution in [1.29, 1.82) is 0 Å². The standard InChI is InChI=1S/C18H17N5O2/c1-25-17-7-13(4-6-20-17)14-8-16(24)22-18-15(14)10-21-23(18)11-12-3-2-5-19-9-12/h2-7,9-10,14H,8,11H2,1H3,(H,22,24). The Morgan fingerprint density at radius 2 is 2.24 bits per heavy atom. The summed E-state index contributed by atoms with van der Waals surface area (Å²) in [6.45, 7) is 0.551. The molecule has 7 heteroatoms. The summed E-state index contributed by atoms with van der Waals surface area (Å²) in [5.41, 5.74) is 3.01. The van der Waals surface area contributed by atoms with Crippen molar-refractivity contribution >= 4 is 11.7 Å². The maximum atomic E-state index is 12.3. The summed E-state index contributed by atoms with van der Waals surface area (Å²) in [7, 11) is 1.58. The Kier molecular flexibility index (Phi) is 3.89. The normalized spacial score (nSPS) is 16.2. The summed E-state index contributed by atoms with van der Waals surface area (Å²) < 4.78 is 7.01. The zero-order valence-electron chi connectivity index (χ0n) is 13.7. The van der Waals surface area contributed by atoms with Gasteiger partial charge in [0, 0.05) is 42.6 Å². The molecule has 3 aromatic heterocycles. The van der Waals surface area contributed by atoms with Crippen LogP contribution in [0.5, 0.6) is 5.88 Å². The van der Waals surface area contributed by atoms with Crippen LogP contribution in [0, 0.1) is 0 Å². The number of nitrogens with one attached hydrogen (secondary N) is 1. The van der Waals surface area contributed by atoms with Gasteiger partial charge in [-0.25, -0.2) is 9.67 Å². The number of pyridine rings is 2. The molecule has 1 unspecified atom stereocenters. The van der Waals surface area contributed by atoms with Crippen molar-refractivity contribution in [3.63, 3.8) is 0 Å². The molecule has 0 radical (unpaired) electrons. The maximum Gasteiger partial charge on any atom is 0.226 e. The van der Waals surface area contributed by atoms with Gasteiger partial charge in [-0.05, 0) is 23.3 Å². The average molecular weight is 335 g/mol. The highest BCUT2D eigenvalue weighted by molar-refractivity contribution is 5.94. The third-order valence-electron chi connectivity index (χ3n) is 4.32. The topological polar surface area (TPSA) is 81.9 Å². The fraction of sp³-hybridized carbons (Fsp3) is 0.222. The number of amides is 1. The third kappa shape index (κ3) is 2.96. The lowest BCUT2D eigenvalue weighted by Crippen LogP contribution is -2.25. The first-order valence-electron chi connectivity index (χ1n) is 7.99. The Hall–Kier alpha value is -3.22. The molecule has 0 saturated carbocycles. The molecular weight excluding hydrogens is 318 g/mol. The smallest absolute Gasteiger partial charge is 0.226 e. The van der Waals surface area contributed by atoms with Crippen LogP contribution in [0.2, 0.25) is 0 Å². The third-order valence-corrected chi connectivity index (χ3v) is 4.32. The molecule has 0 saturated heterocycles. The van der Waals surface area contributed by atoms with Gasteiger partial charge in [-0.15, -0.1) is 0 Å². The van der Waals surface area contributed by atoms with Gasteiger partial charge < -0.3 is 10.1 Å². The Morgan fingerprint density at radius 3 is 3.04 bits per heavy atom. The van der Waals surface area contributed by atoms with Crippen molar-refractivity contribution < 1.29 is 9.53 Å². The Labute approximate surface area is 144 Å². The first-order chi connectivity index (χ1) is 12.2. The van der Waals surface area contributed by atoms with E-state index < -0.39 is 0 Å². The average Bonchev–Trinajstić information content (AvgIpc) is 3.04. The summed E-state index contributed by atoms with van der Waals surface area (Å²) in [4.78, 5) is 20.5. The van der Waals surface area contributed by atoms with Gasteiger partial charge in [-0.1, -0.05) is 6.07 Å². The highest BCUT2D eigenvalue weighted by atomic mass is 16.5. The minimum atomic E-state index is -0.0664. The number of methoxy groups -OCH3 is 1. The molecule has 126 valence electrons. The minimum Gasteiger partial charge on any atom is -0.481 e. The molecule has 1 aliphatic rings. The minimum absolute atomic E-state index is 0.0267. The first kappa shape index (κ1) is 15.3. The Morgan fingerprint density at radius 1 is 1.32 bits per heavy atom. The molecule has 3 aromatic rings. The molecule has 0 bridgehead atoms. The van der Waals surface area contributed by atoms with Gasteiger partial charge in [0.05, 0.1) is 19.9 Å². The van der Waals surface area contributed by atoms with E-state index in [2.05, 4.69) is 20.4 Å². The number of carbonyl (C=O) groups excluding carboxylic acids is 1. The van der Waals surface area contributed by atoms with Crippen LogP contribution in [0.15, 0.2) is 49.1 Å². The quantitative estimate of drug-likeness (QED) is 0.790. The summed E-state index contributed by atoms with van der Waals surface area (Å²) in [6.07, 6.45) is 7.42. The fourth-order valence-corrected chi connectivity index (χ4v) is 3.10. The van der Waals surface area contributed by atoms with Crippen LogP contribution < -0.4 is 10.1 Å². The first-order valence-corrected chi connectivity index (χ1v) is 7.99. The molecule has 1 atom stereocenters. The molecule has 0 fully saturated rings. The number of nitrogens with zero attached hydrogens (tertiary/aromatic N) is 4. The van der Waals surface area contributed by atoms with E-state index >= 15 is 0 Å². The molecule has 25 heavy (non-hydrogen) atoms. The number of carbonyl (C=O) groups is 1. The molecule has 7 nitrogen and oxygen atoms in total. The van der Waals surface area contributed by atoms with Crippen molar-refractivity contribution in [2.75, 3.05) is 12.4 Å². The SMILES string of the molecule is COc1cc(C2CC(=O)Nc3c2cnn3Cc2cccnc2)ccn1. The van der Waals surface area contributed by atoms with Gasteiger partial charge >= 0.3 is 0 Å². The van der Waals surface area contributed by atoms with Crippen molar-refractivity contribution in [3.05, 3.63) is 65.7 Å². The second-order valence-corrected chi connectivity index (χ2v) is 5.90. The summed E-state index contributed by atoms with van der Waals surface area (Å²) >= 11 is 0. The lowest BCUT2D eigenvalue weighted by molar-refractivity contribution is -0.116. The van der Waals surface area contributed by atoms with Crippen LogP contribution in [0.3, 0.4) is 0 Å². The molecule has 1 aliphatic heterocycles. The van der Waals surface area contributed by atoms with Crippen LogP contribution in [0.25, 0.3) is 0 Å². The summed E-state index contributed by atoms with van der Waals surface area (Å²) in [5, 5.41) is 7.42. The largest absolute Gasteiger partial charge is 0.481 e. The molecular formula is C18H17N5O2. The van der Waals surface area contributed by atoms with Crippen molar-refractivity contribution in [1.82, 2.24) is 19.7 Å². The number of hydrogen-bond acceptors (Lipinski definition) is 5. The van der Waals surface area contributed by atoms with Gasteiger partial charge in [-0.2, -0.15) is 5.10 Å². The molecule has 0 aliphatic carbocycles. The van der Waals surface area contributed by atoms with Crippen LogP contribution in [-0.4, -0.2) is 32.8 Å². The number of anilines is 1. The van der Waals surface area contributed by atoms with Crippen LogP contribution >= 0.6 is 0 Å². The number of fused-ring (bicyclic) bond motifs is 1. The monoisotopic (exact) mass is 335 g/mol. The summed E-state index contributed by atoms with van der Waals surface area (Å²) in [5.74, 6) is 1.18.